The first-order chi connectivity index (χ1) is 7.40. The van der Waals surface area contributed by atoms with Crippen LogP contribution in [0.3, 0.4) is 0 Å². The molecule has 0 spiro atoms. The fourth-order valence-electron chi connectivity index (χ4n) is 1.94. The second-order valence-corrected chi connectivity index (χ2v) is 4.78. The molecule has 1 aromatic carbocycles. The average molecular weight is 225 g/mol. The molecule has 0 bridgehead atoms. The first-order valence-electron chi connectivity index (χ1n) is 5.13. The summed E-state index contributed by atoms with van der Waals surface area (Å²) in [4.78, 5) is 13.2. The maximum atomic E-state index is 13.3. The minimum absolute atomic E-state index is 0.0104. The van der Waals surface area contributed by atoms with E-state index in [4.69, 9.17) is 0 Å². The van der Waals surface area contributed by atoms with Crippen LogP contribution in [0.2, 0.25) is 0 Å². The first-order valence-corrected chi connectivity index (χ1v) is 5.13. The highest BCUT2D eigenvalue weighted by Gasteiger charge is 2.43. The fourth-order valence-corrected chi connectivity index (χ4v) is 1.94. The van der Waals surface area contributed by atoms with Crippen molar-refractivity contribution >= 4 is 5.91 Å². The molecule has 0 aromatic heterocycles. The Morgan fingerprint density at radius 1 is 1.38 bits per heavy atom. The molecule has 16 heavy (non-hydrogen) atoms. The molecule has 1 saturated heterocycles. The van der Waals surface area contributed by atoms with Crippen molar-refractivity contribution in [3.63, 3.8) is 0 Å². The number of amides is 1. The van der Waals surface area contributed by atoms with Crippen LogP contribution in [0.5, 0.6) is 0 Å². The number of likely N-dealkylation sites (tertiary alicyclic amines) is 1. The van der Waals surface area contributed by atoms with Gasteiger partial charge in [0.05, 0.1) is 5.41 Å². The van der Waals surface area contributed by atoms with Gasteiger partial charge in [-0.15, -0.1) is 0 Å². The molecular formula is C12H13F2NO. The number of hydrogen-bond acceptors (Lipinski definition) is 1. The van der Waals surface area contributed by atoms with Crippen LogP contribution in [0.1, 0.15) is 19.4 Å². The standard InChI is InChI=1S/C12H13F2NO/c1-12(2)7-15(11(12)16)6-8-3-4-9(13)5-10(8)14/h3-5H,6-7H2,1-2H3. The summed E-state index contributed by atoms with van der Waals surface area (Å²) >= 11 is 0. The van der Waals surface area contributed by atoms with Crippen molar-refractivity contribution in [3.05, 3.63) is 35.4 Å². The van der Waals surface area contributed by atoms with Crippen molar-refractivity contribution in [1.29, 1.82) is 0 Å². The predicted octanol–water partition coefficient (Wildman–Crippen LogP) is 2.33. The minimum atomic E-state index is -0.600. The zero-order valence-corrected chi connectivity index (χ0v) is 9.26. The number of carbonyl (C=O) groups excluding carboxylic acids is 1. The molecule has 0 N–H and O–H groups in total. The number of nitrogens with zero attached hydrogens (tertiary/aromatic N) is 1. The van der Waals surface area contributed by atoms with Gasteiger partial charge in [0.1, 0.15) is 11.6 Å². The third kappa shape index (κ3) is 1.79. The van der Waals surface area contributed by atoms with Crippen molar-refractivity contribution in [1.82, 2.24) is 4.90 Å². The number of hydrogen-bond donors (Lipinski definition) is 0. The first kappa shape index (κ1) is 11.0. The Kier molecular flexibility index (Phi) is 2.45. The molecule has 2 nitrogen and oxygen atoms in total. The third-order valence-corrected chi connectivity index (χ3v) is 2.83. The summed E-state index contributed by atoms with van der Waals surface area (Å²) in [7, 11) is 0. The van der Waals surface area contributed by atoms with Gasteiger partial charge in [-0.1, -0.05) is 6.07 Å². The molecule has 1 heterocycles. The van der Waals surface area contributed by atoms with Gasteiger partial charge in [-0.3, -0.25) is 4.79 Å². The van der Waals surface area contributed by atoms with Gasteiger partial charge in [0.25, 0.3) is 0 Å². The molecule has 0 unspecified atom stereocenters. The molecular weight excluding hydrogens is 212 g/mol. The molecule has 2 rings (SSSR count). The molecule has 0 aliphatic carbocycles. The Morgan fingerprint density at radius 3 is 2.56 bits per heavy atom. The van der Waals surface area contributed by atoms with E-state index in [0.29, 0.717) is 12.1 Å². The Hall–Kier alpha value is -1.45. The fraction of sp³-hybridized carbons (Fsp3) is 0.417. The van der Waals surface area contributed by atoms with Gasteiger partial charge >= 0.3 is 0 Å². The SMILES string of the molecule is CC1(C)CN(Cc2ccc(F)cc2F)C1=O. The second-order valence-electron chi connectivity index (χ2n) is 4.78. The van der Waals surface area contributed by atoms with Gasteiger partial charge in [-0.2, -0.15) is 0 Å². The average Bonchev–Trinajstić information content (AvgIpc) is 2.20. The van der Waals surface area contributed by atoms with Crippen LogP contribution in [0.15, 0.2) is 18.2 Å². The van der Waals surface area contributed by atoms with E-state index in [-0.39, 0.29) is 17.9 Å². The Bertz CT molecular complexity index is 443. The molecule has 1 aromatic rings. The van der Waals surface area contributed by atoms with Crippen LogP contribution in [-0.4, -0.2) is 17.4 Å². The summed E-state index contributed by atoms with van der Waals surface area (Å²) in [6.07, 6.45) is 0. The smallest absolute Gasteiger partial charge is 0.230 e. The van der Waals surface area contributed by atoms with Crippen molar-refractivity contribution in [2.24, 2.45) is 5.41 Å². The Balaban J connectivity index is 2.09. The van der Waals surface area contributed by atoms with Crippen LogP contribution in [0.4, 0.5) is 8.78 Å². The number of carbonyl (C=O) groups is 1. The van der Waals surface area contributed by atoms with E-state index in [1.807, 2.05) is 13.8 Å². The summed E-state index contributed by atoms with van der Waals surface area (Å²) in [5.41, 5.74) is 0.0153. The van der Waals surface area contributed by atoms with Gasteiger partial charge < -0.3 is 4.90 Å². The van der Waals surface area contributed by atoms with E-state index in [1.54, 1.807) is 4.90 Å². The molecule has 1 fully saturated rings. The maximum Gasteiger partial charge on any atom is 0.230 e. The molecule has 0 atom stereocenters. The van der Waals surface area contributed by atoms with Crippen molar-refractivity contribution in [2.45, 2.75) is 20.4 Å². The van der Waals surface area contributed by atoms with Crippen molar-refractivity contribution in [3.8, 4) is 0 Å². The van der Waals surface area contributed by atoms with E-state index in [0.717, 1.165) is 6.07 Å². The third-order valence-electron chi connectivity index (χ3n) is 2.83. The van der Waals surface area contributed by atoms with Crippen LogP contribution < -0.4 is 0 Å². The molecule has 0 saturated carbocycles. The topological polar surface area (TPSA) is 20.3 Å². The summed E-state index contributed by atoms with van der Waals surface area (Å²) in [6, 6.07) is 3.42. The molecule has 86 valence electrons. The van der Waals surface area contributed by atoms with E-state index in [1.165, 1.54) is 12.1 Å². The van der Waals surface area contributed by atoms with Gasteiger partial charge in [0.15, 0.2) is 0 Å². The lowest BCUT2D eigenvalue weighted by Gasteiger charge is -2.44. The summed E-state index contributed by atoms with van der Waals surface area (Å²) in [6.45, 7) is 4.54. The summed E-state index contributed by atoms with van der Waals surface area (Å²) < 4.78 is 26.0. The van der Waals surface area contributed by atoms with E-state index in [2.05, 4.69) is 0 Å². The number of rotatable bonds is 2. The van der Waals surface area contributed by atoms with Gasteiger partial charge in [0.2, 0.25) is 5.91 Å². The summed E-state index contributed by atoms with van der Waals surface area (Å²) in [5.74, 6) is -1.19. The maximum absolute atomic E-state index is 13.3. The highest BCUT2D eigenvalue weighted by atomic mass is 19.1. The lowest BCUT2D eigenvalue weighted by molar-refractivity contribution is -0.157. The van der Waals surface area contributed by atoms with E-state index >= 15 is 0 Å². The van der Waals surface area contributed by atoms with Crippen molar-refractivity contribution in [2.75, 3.05) is 6.54 Å². The van der Waals surface area contributed by atoms with Gasteiger partial charge in [-0.25, -0.2) is 8.78 Å². The molecule has 1 amide bonds. The van der Waals surface area contributed by atoms with Crippen molar-refractivity contribution < 1.29 is 13.6 Å². The number of β-lactam (4-membered cyclic amide) rings is 1. The zero-order valence-electron chi connectivity index (χ0n) is 9.26. The molecule has 1 aliphatic rings. The lowest BCUT2D eigenvalue weighted by Crippen LogP contribution is -2.57. The molecule has 4 heteroatoms. The Labute approximate surface area is 92.9 Å². The van der Waals surface area contributed by atoms with Crippen LogP contribution in [0.25, 0.3) is 0 Å². The summed E-state index contributed by atoms with van der Waals surface area (Å²) in [5, 5.41) is 0. The van der Waals surface area contributed by atoms with Crippen LogP contribution in [-0.2, 0) is 11.3 Å². The van der Waals surface area contributed by atoms with Crippen LogP contribution >= 0.6 is 0 Å². The monoisotopic (exact) mass is 225 g/mol. The van der Waals surface area contributed by atoms with E-state index < -0.39 is 11.6 Å². The lowest BCUT2D eigenvalue weighted by atomic mass is 9.83. The number of benzene rings is 1. The second kappa shape index (κ2) is 3.54. The quantitative estimate of drug-likeness (QED) is 0.707. The van der Waals surface area contributed by atoms with Gasteiger partial charge in [0, 0.05) is 24.7 Å². The Morgan fingerprint density at radius 2 is 2.06 bits per heavy atom. The predicted molar refractivity (Wildman–Crippen MR) is 55.6 cm³/mol. The highest BCUT2D eigenvalue weighted by Crippen LogP contribution is 2.32. The minimum Gasteiger partial charge on any atom is -0.337 e. The largest absolute Gasteiger partial charge is 0.337 e. The normalized spacial score (nSPS) is 18.5. The van der Waals surface area contributed by atoms with E-state index in [9.17, 15) is 13.6 Å². The number of halogens is 2. The van der Waals surface area contributed by atoms with Gasteiger partial charge in [-0.05, 0) is 19.9 Å². The molecule has 0 radical (unpaired) electrons. The van der Waals surface area contributed by atoms with Crippen LogP contribution in [0, 0.1) is 17.0 Å². The highest BCUT2D eigenvalue weighted by molar-refractivity contribution is 5.87. The molecule has 1 aliphatic heterocycles. The zero-order chi connectivity index (χ0) is 11.9.